The first-order valence-corrected chi connectivity index (χ1v) is 23.0. The van der Waals surface area contributed by atoms with Gasteiger partial charge in [-0.15, -0.1) is 0 Å². The van der Waals surface area contributed by atoms with E-state index in [9.17, 15) is 38.7 Å². The number of amides is 3. The van der Waals surface area contributed by atoms with Gasteiger partial charge in [0, 0.05) is 42.1 Å². The highest BCUT2D eigenvalue weighted by Gasteiger charge is 2.51. The Morgan fingerprint density at radius 2 is 1.66 bits per heavy atom. The van der Waals surface area contributed by atoms with Gasteiger partial charge in [0.1, 0.15) is 31.1 Å². The van der Waals surface area contributed by atoms with Gasteiger partial charge in [-0.25, -0.2) is 14.2 Å². The lowest BCUT2D eigenvalue weighted by Gasteiger charge is -2.35. The van der Waals surface area contributed by atoms with Crippen molar-refractivity contribution in [1.82, 2.24) is 25.1 Å². The molecule has 19 nitrogen and oxygen atoms in total. The molecule has 2 aromatic heterocycles. The minimum Gasteiger partial charge on any atom is -0.481 e. The standard InChI is InChI=1S/C44H53FN6O13.C3H8/c1-3-44(29-18-34-39-27(22-51(34)41(57)28(29)23-63-43(44)59)26-7-4-6-25-24(2)30(45)19-31(49-39)38(25)26)64-37(55)21-47-40(56)33-8-5-11-50(33)42(58)32(20-36(53)54)48-35(52)9-12-60-14-16-62-17-15-61-13-10-46;1-3-2/h18-19,32-33H,3-17,20-23,46H2,1-2H3,(H,47,56)(H,48,52)(H,53,54);3H2,1-2H3/t32-,33-,44-;/m0./s1. The van der Waals surface area contributed by atoms with Crippen molar-refractivity contribution < 1.29 is 61.9 Å². The molecule has 0 saturated carbocycles. The molecule has 3 aromatic rings. The van der Waals surface area contributed by atoms with Crippen molar-refractivity contribution >= 4 is 46.5 Å². The summed E-state index contributed by atoms with van der Waals surface area (Å²) >= 11 is 0. The molecule has 3 aliphatic heterocycles. The van der Waals surface area contributed by atoms with Crippen LogP contribution in [0.5, 0.6) is 0 Å². The summed E-state index contributed by atoms with van der Waals surface area (Å²) in [6, 6.07) is 0.420. The van der Waals surface area contributed by atoms with E-state index in [0.29, 0.717) is 61.7 Å². The number of carboxylic acids is 1. The number of hydrogen-bond donors (Lipinski definition) is 4. The summed E-state index contributed by atoms with van der Waals surface area (Å²) in [4.78, 5) is 99.0. The van der Waals surface area contributed by atoms with Gasteiger partial charge in [-0.1, -0.05) is 27.2 Å². The number of carbonyl (C=O) groups excluding carboxylic acids is 5. The van der Waals surface area contributed by atoms with Crippen molar-refractivity contribution in [3.8, 4) is 11.4 Å². The minimum atomic E-state index is -2.06. The number of fused-ring (bicyclic) bond motifs is 5. The van der Waals surface area contributed by atoms with Gasteiger partial charge >= 0.3 is 17.9 Å². The second kappa shape index (κ2) is 22.8. The number of hydrogen-bond acceptors (Lipinski definition) is 14. The minimum absolute atomic E-state index is 0.0221. The van der Waals surface area contributed by atoms with Crippen LogP contribution in [-0.4, -0.2) is 127 Å². The first-order valence-electron chi connectivity index (χ1n) is 23.0. The summed E-state index contributed by atoms with van der Waals surface area (Å²) in [5, 5.41) is 15.4. The maximum absolute atomic E-state index is 15.1. The number of aliphatic carboxylic acids is 1. The zero-order valence-corrected chi connectivity index (χ0v) is 38.6. The summed E-state index contributed by atoms with van der Waals surface area (Å²) in [6.07, 6.45) is 3.00. The van der Waals surface area contributed by atoms with Gasteiger partial charge in [0.2, 0.25) is 23.3 Å². The number of nitrogens with two attached hydrogens (primary N) is 1. The van der Waals surface area contributed by atoms with Crippen LogP contribution in [0.15, 0.2) is 16.9 Å². The van der Waals surface area contributed by atoms with Crippen LogP contribution in [0.25, 0.3) is 22.3 Å². The SMILES string of the molecule is CCC.CC[C@@]1(OC(=O)CNC(=O)[C@@H]2CCCN2C(=O)[C@H](CC(=O)O)NC(=O)CCOCCOCCOCCN)C(=O)OCc2c1cc1n(c2=O)Cc2c-1nc1cc(F)c(C)c3c1c2CCC3. The Balaban J connectivity index is 0.00000240. The van der Waals surface area contributed by atoms with Crippen molar-refractivity contribution in [2.24, 2.45) is 5.73 Å². The molecule has 3 atom stereocenters. The van der Waals surface area contributed by atoms with E-state index in [1.54, 1.807) is 24.5 Å². The van der Waals surface area contributed by atoms with E-state index in [1.807, 2.05) is 0 Å². The van der Waals surface area contributed by atoms with Crippen molar-refractivity contribution in [1.29, 1.82) is 0 Å². The molecule has 364 valence electrons. The number of ether oxygens (including phenoxy) is 5. The van der Waals surface area contributed by atoms with Crippen LogP contribution in [0.2, 0.25) is 0 Å². The highest BCUT2D eigenvalue weighted by molar-refractivity contribution is 5.96. The number of cyclic esters (lactones) is 1. The van der Waals surface area contributed by atoms with Crippen LogP contribution in [0.4, 0.5) is 4.39 Å². The lowest BCUT2D eigenvalue weighted by atomic mass is 9.84. The molecule has 1 aromatic carbocycles. The number of carbonyl (C=O) groups is 6. The predicted octanol–water partition coefficient (Wildman–Crippen LogP) is 2.45. The third-order valence-electron chi connectivity index (χ3n) is 12.3. The molecule has 5 heterocycles. The molecule has 1 aliphatic carbocycles. The van der Waals surface area contributed by atoms with E-state index >= 15 is 4.39 Å². The van der Waals surface area contributed by atoms with Crippen LogP contribution in [0, 0.1) is 12.7 Å². The Morgan fingerprint density at radius 1 is 0.970 bits per heavy atom. The molecule has 7 rings (SSSR count). The normalized spacial score (nSPS) is 18.2. The number of likely N-dealkylation sites (tertiary alicyclic amines) is 1. The van der Waals surface area contributed by atoms with E-state index < -0.39 is 71.8 Å². The predicted molar refractivity (Wildman–Crippen MR) is 239 cm³/mol. The molecule has 4 aliphatic rings. The zero-order chi connectivity index (χ0) is 48.4. The Hall–Kier alpha value is -5.83. The van der Waals surface area contributed by atoms with Crippen molar-refractivity contribution in [2.75, 3.05) is 59.3 Å². The van der Waals surface area contributed by atoms with Gasteiger partial charge in [-0.05, 0) is 68.2 Å². The van der Waals surface area contributed by atoms with Gasteiger partial charge in [0.25, 0.3) is 5.56 Å². The van der Waals surface area contributed by atoms with Crippen molar-refractivity contribution in [3.05, 3.63) is 61.7 Å². The summed E-state index contributed by atoms with van der Waals surface area (Å²) in [6.45, 7) is 8.77. The van der Waals surface area contributed by atoms with Crippen LogP contribution < -0.4 is 21.9 Å². The molecule has 3 amide bonds. The van der Waals surface area contributed by atoms with Gasteiger partial charge in [-0.3, -0.25) is 28.8 Å². The second-order valence-corrected chi connectivity index (χ2v) is 16.9. The largest absolute Gasteiger partial charge is 0.481 e. The maximum atomic E-state index is 15.1. The molecule has 1 fully saturated rings. The number of pyridine rings is 2. The van der Waals surface area contributed by atoms with Crippen molar-refractivity contribution in [2.45, 2.75) is 116 Å². The second-order valence-electron chi connectivity index (χ2n) is 16.9. The third kappa shape index (κ3) is 11.0. The van der Waals surface area contributed by atoms with Crippen LogP contribution in [-0.2, 0) is 84.0 Å². The van der Waals surface area contributed by atoms with Gasteiger partial charge in [0.05, 0.1) is 75.1 Å². The number of aromatic nitrogens is 2. The van der Waals surface area contributed by atoms with E-state index in [2.05, 4.69) is 24.5 Å². The topological polar surface area (TPSA) is 257 Å². The average molecular weight is 937 g/mol. The molecule has 20 heteroatoms. The first-order chi connectivity index (χ1) is 32.2. The number of aryl methyl sites for hydroxylation is 2. The number of rotatable bonds is 20. The fraction of sp³-hybridized carbons (Fsp3) is 0.574. The highest BCUT2D eigenvalue weighted by Crippen LogP contribution is 2.44. The van der Waals surface area contributed by atoms with E-state index in [-0.39, 0.29) is 75.7 Å². The van der Waals surface area contributed by atoms with E-state index in [0.717, 1.165) is 39.8 Å². The van der Waals surface area contributed by atoms with Crippen LogP contribution in [0.3, 0.4) is 0 Å². The molecule has 5 N–H and O–H groups in total. The fourth-order valence-corrected chi connectivity index (χ4v) is 9.12. The average Bonchev–Trinajstić information content (AvgIpc) is 3.95. The Bertz CT molecular complexity index is 2440. The molecule has 0 radical (unpaired) electrons. The number of esters is 2. The smallest absolute Gasteiger partial charge is 0.355 e. The van der Waals surface area contributed by atoms with Gasteiger partial charge in [-0.2, -0.15) is 0 Å². The molecule has 67 heavy (non-hydrogen) atoms. The van der Waals surface area contributed by atoms with Crippen LogP contribution in [0.1, 0.15) is 99.1 Å². The van der Waals surface area contributed by atoms with Crippen molar-refractivity contribution in [3.63, 3.8) is 0 Å². The first kappa shape index (κ1) is 50.6. The Morgan fingerprint density at radius 3 is 2.34 bits per heavy atom. The molecular formula is C47H61FN6O13. The zero-order valence-electron chi connectivity index (χ0n) is 38.6. The molecule has 0 bridgehead atoms. The van der Waals surface area contributed by atoms with E-state index in [1.165, 1.54) is 12.5 Å². The van der Waals surface area contributed by atoms with Gasteiger partial charge < -0.3 is 54.6 Å². The number of nitrogens with one attached hydrogen (secondary N) is 2. The molecule has 1 saturated heterocycles. The molecule has 0 spiro atoms. The lowest BCUT2D eigenvalue weighted by Crippen LogP contribution is -2.54. The monoisotopic (exact) mass is 936 g/mol. The molecule has 0 unspecified atom stereocenters. The fourth-order valence-electron chi connectivity index (χ4n) is 9.12. The lowest BCUT2D eigenvalue weighted by molar-refractivity contribution is -0.189. The van der Waals surface area contributed by atoms with E-state index in [4.69, 9.17) is 34.4 Å². The highest BCUT2D eigenvalue weighted by atomic mass is 19.1. The number of halogens is 1. The number of carboxylic acid groups (broad SMARTS) is 1. The maximum Gasteiger partial charge on any atom is 0.355 e. The third-order valence-corrected chi connectivity index (χ3v) is 12.3. The summed E-state index contributed by atoms with van der Waals surface area (Å²) in [5.74, 6) is -5.84. The molecular weight excluding hydrogens is 876 g/mol. The summed E-state index contributed by atoms with van der Waals surface area (Å²) < 4.78 is 43.9. The Kier molecular flexibility index (Phi) is 17.2. The number of nitrogens with zero attached hydrogens (tertiary/aromatic N) is 3. The number of benzene rings is 1. The van der Waals surface area contributed by atoms with Gasteiger partial charge in [0.15, 0.2) is 0 Å². The summed E-state index contributed by atoms with van der Waals surface area (Å²) in [7, 11) is 0. The summed E-state index contributed by atoms with van der Waals surface area (Å²) in [5.41, 5.74) is 7.77. The Labute approximate surface area is 387 Å². The van der Waals surface area contributed by atoms with Crippen LogP contribution >= 0.6 is 0 Å². The quantitative estimate of drug-likeness (QED) is 0.0734.